The average Bonchev–Trinajstić information content (AvgIpc) is 3.48. The second-order valence-corrected chi connectivity index (χ2v) is 7.26. The maximum atomic E-state index is 13.7. The topological polar surface area (TPSA) is 93.8 Å². The molecule has 10 heteroatoms. The minimum Gasteiger partial charge on any atom is -0.440 e. The molecule has 0 unspecified atom stereocenters. The number of rotatable bonds is 4. The zero-order valence-corrected chi connectivity index (χ0v) is 16.0. The lowest BCUT2D eigenvalue weighted by atomic mass is 10.1. The molecule has 3 aromatic heterocycles. The van der Waals surface area contributed by atoms with E-state index in [1.165, 1.54) is 12.4 Å². The number of nitrogens with zero attached hydrogens (tertiary/aromatic N) is 4. The highest BCUT2D eigenvalue weighted by Crippen LogP contribution is 2.41. The van der Waals surface area contributed by atoms with Gasteiger partial charge < -0.3 is 4.42 Å². The summed E-state index contributed by atoms with van der Waals surface area (Å²) in [6, 6.07) is 3.47. The van der Waals surface area contributed by atoms with Crippen molar-refractivity contribution in [2.45, 2.75) is 18.8 Å². The van der Waals surface area contributed by atoms with Crippen LogP contribution in [0.4, 0.5) is 14.7 Å². The molecule has 1 aliphatic carbocycles. The number of hydrogen-bond acceptors (Lipinski definition) is 6. The van der Waals surface area contributed by atoms with Gasteiger partial charge >= 0.3 is 0 Å². The number of pyridine rings is 1. The molecule has 3 heterocycles. The zero-order chi connectivity index (χ0) is 20.8. The number of aromatic nitrogens is 4. The first kappa shape index (κ1) is 18.6. The molecule has 0 radical (unpaired) electrons. The standard InChI is InChI=1S/C20H12ClF2N5O2/c21-12-4-15-16(30-19(27-15)9-1-2-9)3-11(12)10-5-25-20(26-6-10)28-18(29)17-13(22)7-24-8-14(17)23/h3-9H,1-2H2,(H,25,26,28,29). The maximum Gasteiger partial charge on any atom is 0.264 e. The zero-order valence-electron chi connectivity index (χ0n) is 15.2. The van der Waals surface area contributed by atoms with E-state index in [1.54, 1.807) is 12.1 Å². The smallest absolute Gasteiger partial charge is 0.264 e. The van der Waals surface area contributed by atoms with Crippen molar-refractivity contribution in [3.8, 4) is 11.1 Å². The van der Waals surface area contributed by atoms with E-state index in [4.69, 9.17) is 16.0 Å². The molecule has 7 nitrogen and oxygen atoms in total. The molecule has 150 valence electrons. The first-order valence-electron chi connectivity index (χ1n) is 9.02. The molecule has 0 saturated heterocycles. The number of anilines is 1. The van der Waals surface area contributed by atoms with Crippen LogP contribution in [0.3, 0.4) is 0 Å². The van der Waals surface area contributed by atoms with E-state index in [-0.39, 0.29) is 5.95 Å². The van der Waals surface area contributed by atoms with Gasteiger partial charge in [0.05, 0.1) is 17.4 Å². The number of oxazole rings is 1. The van der Waals surface area contributed by atoms with Crippen molar-refractivity contribution in [2.24, 2.45) is 0 Å². The molecule has 0 bridgehead atoms. The Hall–Kier alpha value is -3.46. The third kappa shape index (κ3) is 3.37. The molecule has 0 aliphatic heterocycles. The van der Waals surface area contributed by atoms with E-state index in [9.17, 15) is 13.6 Å². The minimum atomic E-state index is -1.08. The summed E-state index contributed by atoms with van der Waals surface area (Å²) in [6.45, 7) is 0. The summed E-state index contributed by atoms with van der Waals surface area (Å²) in [6.07, 6.45) is 6.51. The quantitative estimate of drug-likeness (QED) is 0.505. The Balaban J connectivity index is 1.41. The van der Waals surface area contributed by atoms with E-state index < -0.39 is 23.1 Å². The second kappa shape index (κ2) is 7.10. The molecule has 30 heavy (non-hydrogen) atoms. The highest BCUT2D eigenvalue weighted by Gasteiger charge is 2.29. The van der Waals surface area contributed by atoms with Gasteiger partial charge in [0.25, 0.3) is 5.91 Å². The Morgan fingerprint density at radius 1 is 1.10 bits per heavy atom. The fourth-order valence-electron chi connectivity index (χ4n) is 3.02. The highest BCUT2D eigenvalue weighted by molar-refractivity contribution is 6.34. The Kier molecular flexibility index (Phi) is 4.39. The number of halogens is 3. The van der Waals surface area contributed by atoms with Crippen LogP contribution in [-0.2, 0) is 0 Å². The molecule has 1 aliphatic rings. The van der Waals surface area contributed by atoms with E-state index in [1.807, 2.05) is 0 Å². The SMILES string of the molecule is O=C(Nc1ncc(-c2cc3oc(C4CC4)nc3cc2Cl)cn1)c1c(F)cncc1F. The van der Waals surface area contributed by atoms with Crippen molar-refractivity contribution < 1.29 is 18.0 Å². The molecule has 4 aromatic rings. The number of carbonyl (C=O) groups excluding carboxylic acids is 1. The predicted molar refractivity (Wildman–Crippen MR) is 104 cm³/mol. The van der Waals surface area contributed by atoms with Crippen molar-refractivity contribution in [2.75, 3.05) is 5.32 Å². The van der Waals surface area contributed by atoms with Crippen molar-refractivity contribution in [3.05, 3.63) is 65.0 Å². The van der Waals surface area contributed by atoms with Gasteiger partial charge in [-0.05, 0) is 25.0 Å². The molecule has 0 atom stereocenters. The summed E-state index contributed by atoms with van der Waals surface area (Å²) in [5.74, 6) is -2.21. The number of hydrogen-bond donors (Lipinski definition) is 1. The second-order valence-electron chi connectivity index (χ2n) is 6.85. The summed E-state index contributed by atoms with van der Waals surface area (Å²) >= 11 is 6.38. The molecule has 0 spiro atoms. The number of benzene rings is 1. The van der Waals surface area contributed by atoms with Crippen molar-refractivity contribution in [1.29, 1.82) is 0 Å². The van der Waals surface area contributed by atoms with Crippen molar-refractivity contribution in [1.82, 2.24) is 19.9 Å². The lowest BCUT2D eigenvalue weighted by molar-refractivity contribution is 0.101. The normalized spacial score (nSPS) is 13.6. The summed E-state index contributed by atoms with van der Waals surface area (Å²) in [4.78, 5) is 28.0. The highest BCUT2D eigenvalue weighted by atomic mass is 35.5. The van der Waals surface area contributed by atoms with Gasteiger partial charge in [0.2, 0.25) is 5.95 Å². The molecule has 1 N–H and O–H groups in total. The van der Waals surface area contributed by atoms with E-state index in [2.05, 4.69) is 25.3 Å². The van der Waals surface area contributed by atoms with E-state index >= 15 is 0 Å². The van der Waals surface area contributed by atoms with E-state index in [0.717, 1.165) is 25.2 Å². The Morgan fingerprint density at radius 3 is 2.47 bits per heavy atom. The number of carbonyl (C=O) groups is 1. The first-order valence-corrected chi connectivity index (χ1v) is 9.40. The summed E-state index contributed by atoms with van der Waals surface area (Å²) in [5, 5.41) is 2.70. The van der Waals surface area contributed by atoms with Gasteiger partial charge in [-0.15, -0.1) is 0 Å². The van der Waals surface area contributed by atoms with Crippen LogP contribution in [0, 0.1) is 11.6 Å². The molecule has 1 amide bonds. The van der Waals surface area contributed by atoms with Crippen LogP contribution in [0.1, 0.15) is 35.0 Å². The molecule has 1 aromatic carbocycles. The van der Waals surface area contributed by atoms with Gasteiger partial charge in [-0.3, -0.25) is 15.1 Å². The van der Waals surface area contributed by atoms with Crippen LogP contribution in [0.25, 0.3) is 22.2 Å². The van der Waals surface area contributed by atoms with Gasteiger partial charge in [-0.2, -0.15) is 0 Å². The lowest BCUT2D eigenvalue weighted by Crippen LogP contribution is -2.17. The van der Waals surface area contributed by atoms with Crippen LogP contribution in [-0.4, -0.2) is 25.8 Å². The lowest BCUT2D eigenvalue weighted by Gasteiger charge is -2.07. The fourth-order valence-corrected chi connectivity index (χ4v) is 3.28. The van der Waals surface area contributed by atoms with Gasteiger partial charge in [0.15, 0.2) is 23.1 Å². The third-order valence-electron chi connectivity index (χ3n) is 4.69. The summed E-state index contributed by atoms with van der Waals surface area (Å²) < 4.78 is 33.2. The van der Waals surface area contributed by atoms with Crippen LogP contribution >= 0.6 is 11.6 Å². The van der Waals surface area contributed by atoms with Gasteiger partial charge in [0.1, 0.15) is 11.1 Å². The number of fused-ring (bicyclic) bond motifs is 1. The number of amides is 1. The average molecular weight is 428 g/mol. The van der Waals surface area contributed by atoms with Crippen molar-refractivity contribution in [3.63, 3.8) is 0 Å². The minimum absolute atomic E-state index is 0.118. The van der Waals surface area contributed by atoms with Crippen LogP contribution < -0.4 is 5.32 Å². The summed E-state index contributed by atoms with van der Waals surface area (Å²) in [7, 11) is 0. The molecule has 5 rings (SSSR count). The molecule has 1 saturated carbocycles. The van der Waals surface area contributed by atoms with Gasteiger partial charge in [-0.25, -0.2) is 23.7 Å². The van der Waals surface area contributed by atoms with Gasteiger partial charge in [0, 0.05) is 29.4 Å². The molecular weight excluding hydrogens is 416 g/mol. The largest absolute Gasteiger partial charge is 0.440 e. The molecular formula is C20H12ClF2N5O2. The Morgan fingerprint density at radius 2 is 1.80 bits per heavy atom. The van der Waals surface area contributed by atoms with Crippen LogP contribution in [0.5, 0.6) is 0 Å². The predicted octanol–water partition coefficient (Wildman–Crippen LogP) is 4.74. The Bertz CT molecular complexity index is 1270. The van der Waals surface area contributed by atoms with Gasteiger partial charge in [-0.1, -0.05) is 11.6 Å². The molecule has 1 fully saturated rings. The van der Waals surface area contributed by atoms with Crippen molar-refractivity contribution >= 4 is 34.6 Å². The first-order chi connectivity index (χ1) is 14.5. The maximum absolute atomic E-state index is 13.7. The number of nitrogens with one attached hydrogen (secondary N) is 1. The monoisotopic (exact) mass is 427 g/mol. The van der Waals surface area contributed by atoms with Crippen LogP contribution in [0.2, 0.25) is 5.02 Å². The summed E-state index contributed by atoms with van der Waals surface area (Å²) in [5.41, 5.74) is 1.73. The van der Waals surface area contributed by atoms with Crippen LogP contribution in [0.15, 0.2) is 41.3 Å². The third-order valence-corrected chi connectivity index (χ3v) is 5.00. The Labute approximate surface area is 173 Å². The fraction of sp³-hybridized carbons (Fsp3) is 0.150. The van der Waals surface area contributed by atoms with E-state index in [0.29, 0.717) is 39.1 Å².